The first-order valence-electron chi connectivity index (χ1n) is 6.16. The van der Waals surface area contributed by atoms with Crippen molar-refractivity contribution in [2.75, 3.05) is 0 Å². The monoisotopic (exact) mass is 255 g/mol. The maximum Gasteiger partial charge on any atom is 0.0365 e. The van der Waals surface area contributed by atoms with Crippen LogP contribution < -0.4 is 0 Å². The molecule has 0 aliphatic heterocycles. The van der Waals surface area contributed by atoms with Crippen LogP contribution in [0.4, 0.5) is 0 Å². The van der Waals surface area contributed by atoms with E-state index in [1.807, 2.05) is 26.0 Å². The molecule has 20 heavy (non-hydrogen) atoms. The Kier molecular flexibility index (Phi) is 7.45. The molecule has 0 spiro atoms. The van der Waals surface area contributed by atoms with Gasteiger partial charge in [0.25, 0.3) is 0 Å². The summed E-state index contributed by atoms with van der Waals surface area (Å²) in [7, 11) is 0. The minimum atomic E-state index is 0.326. The van der Waals surface area contributed by atoms with Crippen LogP contribution in [-0.2, 0) is 6.42 Å². The molecule has 0 fully saturated rings. The number of hydrogen-bond acceptors (Lipinski definition) is 1. The van der Waals surface area contributed by atoms with Crippen LogP contribution in [0.15, 0.2) is 24.5 Å². The third-order valence-electron chi connectivity index (χ3n) is 1.90. The van der Waals surface area contributed by atoms with Gasteiger partial charge in [-0.25, -0.2) is 0 Å². The van der Waals surface area contributed by atoms with Gasteiger partial charge >= 0.3 is 0 Å². The number of rotatable bonds is 1. The second-order valence-corrected chi connectivity index (χ2v) is 4.01. The van der Waals surface area contributed by atoms with Gasteiger partial charge in [0.1, 0.15) is 0 Å². The van der Waals surface area contributed by atoms with Gasteiger partial charge in [0.05, 0.1) is 0 Å². The first-order chi connectivity index (χ1) is 9.79. The van der Waals surface area contributed by atoms with Gasteiger partial charge in [-0.2, -0.15) is 0 Å². The van der Waals surface area contributed by atoms with Crippen LogP contribution in [-0.4, -0.2) is 4.98 Å². The van der Waals surface area contributed by atoms with Gasteiger partial charge in [0.15, 0.2) is 0 Å². The molecular weight excluding hydrogens is 242 g/mol. The van der Waals surface area contributed by atoms with Crippen LogP contribution in [0.5, 0.6) is 0 Å². The highest BCUT2D eigenvalue weighted by Crippen LogP contribution is 1.94. The van der Waals surface area contributed by atoms with Crippen molar-refractivity contribution < 1.29 is 0 Å². The maximum atomic E-state index is 4.01. The molecule has 0 N–H and O–H groups in total. The average molecular weight is 255 g/mol. The lowest BCUT2D eigenvalue weighted by Gasteiger charge is -1.89. The fourth-order valence-corrected chi connectivity index (χ4v) is 1.06. The molecule has 0 amide bonds. The van der Waals surface area contributed by atoms with Crippen molar-refractivity contribution in [1.29, 1.82) is 0 Å². The van der Waals surface area contributed by atoms with Gasteiger partial charge in [-0.3, -0.25) is 4.98 Å². The van der Waals surface area contributed by atoms with E-state index < -0.39 is 0 Å². The van der Waals surface area contributed by atoms with Gasteiger partial charge in [-0.15, -0.1) is 0 Å². The van der Waals surface area contributed by atoms with Crippen LogP contribution in [0, 0.1) is 65.1 Å². The van der Waals surface area contributed by atoms with Gasteiger partial charge in [-0.1, -0.05) is 31.8 Å². The summed E-state index contributed by atoms with van der Waals surface area (Å²) in [6, 6.07) is 3.86. The van der Waals surface area contributed by atoms with E-state index in [1.165, 1.54) is 0 Å². The Hall–Kier alpha value is -3.05. The zero-order chi connectivity index (χ0) is 14.5. The Bertz CT molecular complexity index is 728. The van der Waals surface area contributed by atoms with Crippen molar-refractivity contribution in [3.05, 3.63) is 30.1 Å². The normalized spacial score (nSPS) is 7.15. The molecule has 0 saturated carbocycles. The Labute approximate surface area is 121 Å². The van der Waals surface area contributed by atoms with E-state index in [-0.39, 0.29) is 0 Å². The van der Waals surface area contributed by atoms with E-state index in [0.717, 1.165) is 5.56 Å². The Morgan fingerprint density at radius 2 is 1.60 bits per heavy atom. The average Bonchev–Trinajstić information content (AvgIpc) is 2.45. The molecule has 1 nitrogen and oxygen atoms in total. The largest absolute Gasteiger partial charge is 0.264 e. The van der Waals surface area contributed by atoms with Crippen LogP contribution in [0.1, 0.15) is 19.4 Å². The second-order valence-electron chi connectivity index (χ2n) is 4.01. The summed E-state index contributed by atoms with van der Waals surface area (Å²) in [5.41, 5.74) is 1.07. The smallest absolute Gasteiger partial charge is 0.0365 e. The van der Waals surface area contributed by atoms with Gasteiger partial charge in [-0.05, 0) is 59.0 Å². The standard InChI is InChI=1S/C19H13N/c1-18(2)13-10-8-6-4-3-5-7-9-11-14-19-15-12-16-20-17-19/h12,15-18H,14H2,1-2H3. The zero-order valence-electron chi connectivity index (χ0n) is 11.5. The van der Waals surface area contributed by atoms with Crippen LogP contribution in [0.2, 0.25) is 0 Å². The molecule has 0 aromatic carbocycles. The van der Waals surface area contributed by atoms with Crippen LogP contribution >= 0.6 is 0 Å². The molecule has 1 heterocycles. The minimum absolute atomic E-state index is 0.326. The molecule has 0 saturated heterocycles. The third-order valence-corrected chi connectivity index (χ3v) is 1.90. The lowest BCUT2D eigenvalue weighted by Crippen LogP contribution is -1.80. The molecule has 0 unspecified atom stereocenters. The van der Waals surface area contributed by atoms with Crippen LogP contribution in [0.3, 0.4) is 0 Å². The highest BCUT2D eigenvalue weighted by atomic mass is 14.6. The van der Waals surface area contributed by atoms with E-state index in [9.17, 15) is 0 Å². The number of aromatic nitrogens is 1. The molecule has 1 aromatic heterocycles. The first-order valence-corrected chi connectivity index (χ1v) is 6.16. The fraction of sp³-hybridized carbons (Fsp3) is 0.211. The molecule has 94 valence electrons. The van der Waals surface area contributed by atoms with E-state index >= 15 is 0 Å². The highest BCUT2D eigenvalue weighted by Gasteiger charge is 1.84. The van der Waals surface area contributed by atoms with E-state index in [4.69, 9.17) is 0 Å². The topological polar surface area (TPSA) is 12.9 Å². The first kappa shape index (κ1) is 15.0. The number of pyridine rings is 1. The fourth-order valence-electron chi connectivity index (χ4n) is 1.06. The van der Waals surface area contributed by atoms with Gasteiger partial charge < -0.3 is 0 Å². The summed E-state index contributed by atoms with van der Waals surface area (Å²) in [6.45, 7) is 4.02. The lowest BCUT2D eigenvalue weighted by atomic mass is 10.2. The SMILES string of the molecule is CC(C)C#CC#CC#CC#CC#CCc1cccnc1. The second kappa shape index (κ2) is 9.93. The van der Waals surface area contributed by atoms with E-state index in [2.05, 4.69) is 64.2 Å². The van der Waals surface area contributed by atoms with Crippen molar-refractivity contribution in [1.82, 2.24) is 4.98 Å². The van der Waals surface area contributed by atoms with Crippen molar-refractivity contribution in [2.24, 2.45) is 5.92 Å². The summed E-state index contributed by atoms with van der Waals surface area (Å²) >= 11 is 0. The summed E-state index contributed by atoms with van der Waals surface area (Å²) in [5.74, 6) is 27.4. The number of hydrogen-bond donors (Lipinski definition) is 0. The molecule has 0 radical (unpaired) electrons. The van der Waals surface area contributed by atoms with E-state index in [1.54, 1.807) is 12.4 Å². The predicted molar refractivity (Wildman–Crippen MR) is 81.7 cm³/mol. The van der Waals surface area contributed by atoms with Gasteiger partial charge in [0, 0.05) is 24.7 Å². The summed E-state index contributed by atoms with van der Waals surface area (Å²) in [4.78, 5) is 4.01. The third kappa shape index (κ3) is 8.10. The Morgan fingerprint density at radius 1 is 0.950 bits per heavy atom. The summed E-state index contributed by atoms with van der Waals surface area (Å²) < 4.78 is 0. The molecule has 1 rings (SSSR count). The van der Waals surface area contributed by atoms with Gasteiger partial charge in [0.2, 0.25) is 0 Å². The predicted octanol–water partition coefficient (Wildman–Crippen LogP) is 2.30. The molecular formula is C19H13N. The summed E-state index contributed by atoms with van der Waals surface area (Å²) in [5, 5.41) is 0. The number of nitrogens with zero attached hydrogens (tertiary/aromatic N) is 1. The molecule has 0 aliphatic rings. The summed E-state index contributed by atoms with van der Waals surface area (Å²) in [6.07, 6.45) is 4.16. The van der Waals surface area contributed by atoms with Crippen LogP contribution in [0.25, 0.3) is 0 Å². The van der Waals surface area contributed by atoms with Crippen molar-refractivity contribution in [2.45, 2.75) is 20.3 Å². The quantitative estimate of drug-likeness (QED) is 0.702. The Morgan fingerprint density at radius 3 is 2.20 bits per heavy atom. The molecule has 0 bridgehead atoms. The highest BCUT2D eigenvalue weighted by molar-refractivity contribution is 5.42. The zero-order valence-corrected chi connectivity index (χ0v) is 11.5. The Balaban J connectivity index is 2.40. The van der Waals surface area contributed by atoms with Crippen molar-refractivity contribution >= 4 is 0 Å². The van der Waals surface area contributed by atoms with Crippen molar-refractivity contribution in [3.63, 3.8) is 0 Å². The molecule has 0 aliphatic carbocycles. The molecule has 0 atom stereocenters. The maximum absolute atomic E-state index is 4.01. The minimum Gasteiger partial charge on any atom is -0.264 e. The van der Waals surface area contributed by atoms with E-state index in [0.29, 0.717) is 12.3 Å². The lowest BCUT2D eigenvalue weighted by molar-refractivity contribution is 0.867. The van der Waals surface area contributed by atoms with Crippen molar-refractivity contribution in [3.8, 4) is 59.2 Å². The molecule has 1 heteroatoms. The molecule has 1 aromatic rings.